The summed E-state index contributed by atoms with van der Waals surface area (Å²) in [5, 5.41) is 0.308. The minimum absolute atomic E-state index is 0.119. The second kappa shape index (κ2) is 8.70. The predicted octanol–water partition coefficient (Wildman–Crippen LogP) is 4.30. The van der Waals surface area contributed by atoms with Gasteiger partial charge in [-0.1, -0.05) is 11.6 Å². The molecule has 1 N–H and O–H groups in total. The number of rotatable bonds is 7. The molecule has 0 radical (unpaired) electrons. The smallest absolute Gasteiger partial charge is 0.480 e. The van der Waals surface area contributed by atoms with Crippen molar-refractivity contribution in [3.63, 3.8) is 0 Å². The van der Waals surface area contributed by atoms with E-state index < -0.39 is 46.2 Å². The molecule has 0 aliphatic carbocycles. The van der Waals surface area contributed by atoms with E-state index in [1.807, 2.05) is 48.5 Å². The van der Waals surface area contributed by atoms with E-state index in [0.717, 1.165) is 0 Å². The number of hydrogen-bond acceptors (Lipinski definition) is 5. The lowest BCUT2D eigenvalue weighted by atomic mass is 9.77. The van der Waals surface area contributed by atoms with Crippen LogP contribution >= 0.6 is 11.6 Å². The van der Waals surface area contributed by atoms with Crippen LogP contribution in [0.3, 0.4) is 0 Å². The van der Waals surface area contributed by atoms with Crippen LogP contribution in [0.4, 0.5) is 4.39 Å². The molecule has 9 heteroatoms. The molecule has 0 saturated carbocycles. The Morgan fingerprint density at radius 3 is 2.32 bits per heavy atom. The molecular weight excluding hydrogens is 404 g/mol. The van der Waals surface area contributed by atoms with Crippen LogP contribution in [0.2, 0.25) is 5.02 Å². The largest absolute Gasteiger partial charge is 0.598 e. The highest BCUT2D eigenvalue weighted by atomic mass is 35.5. The van der Waals surface area contributed by atoms with Gasteiger partial charge in [0, 0.05) is 16.4 Å². The molecule has 1 aliphatic heterocycles. The Morgan fingerprint density at radius 1 is 1.25 bits per heavy atom. The third kappa shape index (κ3) is 5.77. The van der Waals surface area contributed by atoms with Gasteiger partial charge in [0.25, 0.3) is 0 Å². The van der Waals surface area contributed by atoms with E-state index in [4.69, 9.17) is 25.6 Å². The van der Waals surface area contributed by atoms with Crippen LogP contribution in [0, 0.1) is 5.82 Å². The van der Waals surface area contributed by atoms with Gasteiger partial charge in [-0.15, -0.1) is 4.72 Å². The molecule has 1 aliphatic rings. The molecule has 0 spiro atoms. The SMILES string of the molecule is CC(C)(C)[S@@+]([O-])NC(CCOc1ccc(Cl)cc1F)B1OC(C)(C)C(C)(C)O1. The van der Waals surface area contributed by atoms with Crippen molar-refractivity contribution in [1.29, 1.82) is 0 Å². The molecule has 2 rings (SSSR count). The average Bonchev–Trinajstić information content (AvgIpc) is 2.75. The maximum atomic E-state index is 13.9. The van der Waals surface area contributed by atoms with Crippen molar-refractivity contribution in [3.05, 3.63) is 29.0 Å². The Balaban J connectivity index is 2.08. The van der Waals surface area contributed by atoms with Crippen molar-refractivity contribution in [1.82, 2.24) is 4.72 Å². The van der Waals surface area contributed by atoms with Gasteiger partial charge in [0.2, 0.25) is 0 Å². The van der Waals surface area contributed by atoms with Crippen molar-refractivity contribution in [2.45, 2.75) is 76.8 Å². The quantitative estimate of drug-likeness (QED) is 0.513. The lowest BCUT2D eigenvalue weighted by Gasteiger charge is -2.32. The van der Waals surface area contributed by atoms with Crippen LogP contribution in [-0.2, 0) is 20.7 Å². The number of nitrogens with one attached hydrogen (secondary N) is 1. The molecule has 0 amide bonds. The summed E-state index contributed by atoms with van der Waals surface area (Å²) >= 11 is 4.44. The minimum Gasteiger partial charge on any atom is -0.598 e. The molecule has 0 aromatic heterocycles. The van der Waals surface area contributed by atoms with Gasteiger partial charge in [0.05, 0.1) is 23.8 Å². The Kier molecular flexibility index (Phi) is 7.38. The molecule has 1 fully saturated rings. The summed E-state index contributed by atoms with van der Waals surface area (Å²) in [6.45, 7) is 13.7. The van der Waals surface area contributed by atoms with Crippen molar-refractivity contribution in [2.75, 3.05) is 6.61 Å². The van der Waals surface area contributed by atoms with Crippen LogP contribution < -0.4 is 9.46 Å². The monoisotopic (exact) mass is 433 g/mol. The van der Waals surface area contributed by atoms with Gasteiger partial charge in [-0.3, -0.25) is 0 Å². The predicted molar refractivity (Wildman–Crippen MR) is 112 cm³/mol. The summed E-state index contributed by atoms with van der Waals surface area (Å²) in [6.07, 6.45) is 0.417. The topological polar surface area (TPSA) is 62.8 Å². The van der Waals surface area contributed by atoms with Crippen molar-refractivity contribution in [2.24, 2.45) is 0 Å². The molecule has 1 aromatic carbocycles. The maximum absolute atomic E-state index is 13.9. The van der Waals surface area contributed by atoms with Gasteiger partial charge in [0.15, 0.2) is 11.6 Å². The molecule has 1 saturated heterocycles. The molecule has 2 atom stereocenters. The minimum atomic E-state index is -1.33. The van der Waals surface area contributed by atoms with E-state index in [0.29, 0.717) is 11.4 Å². The summed E-state index contributed by atoms with van der Waals surface area (Å²) in [4.78, 5) is 0. The summed E-state index contributed by atoms with van der Waals surface area (Å²) in [5.74, 6) is -0.795. The van der Waals surface area contributed by atoms with E-state index >= 15 is 0 Å². The Bertz CT molecular complexity index is 670. The Morgan fingerprint density at radius 2 is 1.82 bits per heavy atom. The van der Waals surface area contributed by atoms with Gasteiger partial charge in [-0.2, -0.15) is 0 Å². The summed E-state index contributed by atoms with van der Waals surface area (Å²) in [6, 6.07) is 4.26. The van der Waals surface area contributed by atoms with Gasteiger partial charge < -0.3 is 18.6 Å². The number of ether oxygens (including phenoxy) is 1. The van der Waals surface area contributed by atoms with Crippen molar-refractivity contribution >= 4 is 30.1 Å². The van der Waals surface area contributed by atoms with E-state index in [2.05, 4.69) is 4.72 Å². The Labute approximate surface area is 176 Å². The molecular formula is C19H30BClFNO4S. The highest BCUT2D eigenvalue weighted by Gasteiger charge is 2.55. The van der Waals surface area contributed by atoms with Crippen LogP contribution in [0.15, 0.2) is 18.2 Å². The standard InChI is InChI=1S/C19H30BClFNO4S/c1-17(2,3)28(24)23-16(20-26-18(4,5)19(6,7)27-20)10-11-25-15-9-8-13(21)12-14(15)22/h8-9,12,16,23H,10-11H2,1-7H3/t16?,28-/m1/s1. The fraction of sp³-hybridized carbons (Fsp3) is 0.684. The first-order valence-electron chi connectivity index (χ1n) is 9.34. The number of benzene rings is 1. The average molecular weight is 434 g/mol. The van der Waals surface area contributed by atoms with E-state index in [9.17, 15) is 8.94 Å². The lowest BCUT2D eigenvalue weighted by molar-refractivity contribution is 0.00578. The molecule has 1 aromatic rings. The molecule has 5 nitrogen and oxygen atoms in total. The first-order chi connectivity index (χ1) is 12.7. The summed E-state index contributed by atoms with van der Waals surface area (Å²) in [7, 11) is -0.602. The fourth-order valence-electron chi connectivity index (χ4n) is 2.51. The zero-order chi connectivity index (χ0) is 21.3. The van der Waals surface area contributed by atoms with E-state index in [-0.39, 0.29) is 12.4 Å². The molecule has 1 unspecified atom stereocenters. The summed E-state index contributed by atoms with van der Waals surface area (Å²) in [5.41, 5.74) is -1.02. The van der Waals surface area contributed by atoms with Gasteiger partial charge in [-0.05, 0) is 73.1 Å². The fourth-order valence-corrected chi connectivity index (χ4v) is 3.52. The highest BCUT2D eigenvalue weighted by molar-refractivity contribution is 7.90. The third-order valence-corrected chi connectivity index (χ3v) is 6.86. The van der Waals surface area contributed by atoms with Crippen molar-refractivity contribution < 1.29 is 23.0 Å². The maximum Gasteiger partial charge on any atom is 0.480 e. The molecule has 0 bridgehead atoms. The van der Waals surface area contributed by atoms with Gasteiger partial charge in [0.1, 0.15) is 4.75 Å². The van der Waals surface area contributed by atoms with Gasteiger partial charge in [-0.25, -0.2) is 4.39 Å². The van der Waals surface area contributed by atoms with E-state index in [1.165, 1.54) is 12.1 Å². The van der Waals surface area contributed by atoms with Crippen molar-refractivity contribution in [3.8, 4) is 5.75 Å². The second-order valence-electron chi connectivity index (χ2n) is 8.94. The zero-order valence-corrected chi connectivity index (χ0v) is 19.2. The first-order valence-corrected chi connectivity index (χ1v) is 10.9. The summed E-state index contributed by atoms with van der Waals surface area (Å²) < 4.78 is 47.0. The molecule has 1 heterocycles. The molecule has 158 valence electrons. The van der Waals surface area contributed by atoms with Gasteiger partial charge >= 0.3 is 7.12 Å². The van der Waals surface area contributed by atoms with Crippen LogP contribution in [0.1, 0.15) is 54.9 Å². The third-order valence-electron chi connectivity index (χ3n) is 4.99. The van der Waals surface area contributed by atoms with Crippen LogP contribution in [0.5, 0.6) is 5.75 Å². The highest BCUT2D eigenvalue weighted by Crippen LogP contribution is 2.38. The number of halogens is 2. The number of hydrogen-bond donors (Lipinski definition) is 1. The lowest BCUT2D eigenvalue weighted by Crippen LogP contribution is -2.52. The Hall–Kier alpha value is -0.505. The van der Waals surface area contributed by atoms with E-state index in [1.54, 1.807) is 6.07 Å². The zero-order valence-electron chi connectivity index (χ0n) is 17.6. The molecule has 28 heavy (non-hydrogen) atoms. The van der Waals surface area contributed by atoms with Crippen LogP contribution in [-0.4, -0.2) is 40.2 Å². The second-order valence-corrected chi connectivity index (χ2v) is 11.4. The normalized spacial score (nSPS) is 20.9. The first kappa shape index (κ1) is 23.8. The van der Waals surface area contributed by atoms with Crippen LogP contribution in [0.25, 0.3) is 0 Å².